The molecule has 0 radical (unpaired) electrons. The van der Waals surface area contributed by atoms with Crippen LogP contribution in [0.15, 0.2) is 54.6 Å². The second-order valence-electron chi connectivity index (χ2n) is 7.50. The van der Waals surface area contributed by atoms with Crippen LogP contribution < -0.4 is 20.7 Å². The van der Waals surface area contributed by atoms with E-state index in [1.807, 2.05) is 0 Å². The van der Waals surface area contributed by atoms with Gasteiger partial charge >= 0.3 is 12.2 Å². The van der Waals surface area contributed by atoms with Crippen LogP contribution in [0.4, 0.5) is 34.5 Å². The van der Waals surface area contributed by atoms with Crippen molar-refractivity contribution in [1.29, 1.82) is 5.26 Å². The number of nitrogens with one attached hydrogen (secondary N) is 3. The van der Waals surface area contributed by atoms with Crippen LogP contribution in [0.25, 0.3) is 10.2 Å². The van der Waals surface area contributed by atoms with E-state index >= 15 is 0 Å². The number of rotatable bonds is 5. The standard InChI is InChI=1S/C24H15ClF3N5O3S/c1-12(34)30-23-33-19-7-8-20(16(11-29)21(19)37-23)36-15-4-2-3-13(9-15)31-22(35)32-14-5-6-18(25)17(10-14)24(26,27)28/h2-10H,1H3,(H,30,33,34)(H2,31,32,35). The van der Waals surface area contributed by atoms with E-state index in [9.17, 15) is 28.0 Å². The largest absolute Gasteiger partial charge is 0.456 e. The zero-order valence-electron chi connectivity index (χ0n) is 18.7. The van der Waals surface area contributed by atoms with Gasteiger partial charge in [0.15, 0.2) is 5.13 Å². The number of nitriles is 1. The van der Waals surface area contributed by atoms with Gasteiger partial charge in [0.05, 0.1) is 20.8 Å². The zero-order valence-corrected chi connectivity index (χ0v) is 20.3. The van der Waals surface area contributed by atoms with Gasteiger partial charge in [-0.25, -0.2) is 9.78 Å². The van der Waals surface area contributed by atoms with Crippen molar-refractivity contribution in [1.82, 2.24) is 4.98 Å². The molecule has 0 bridgehead atoms. The van der Waals surface area contributed by atoms with Crippen LogP contribution in [0.1, 0.15) is 18.1 Å². The van der Waals surface area contributed by atoms with Crippen LogP contribution >= 0.6 is 22.9 Å². The molecule has 0 saturated heterocycles. The predicted octanol–water partition coefficient (Wildman–Crippen LogP) is 7.23. The molecular formula is C24H15ClF3N5O3S. The number of aromatic nitrogens is 1. The second kappa shape index (κ2) is 10.3. The number of ether oxygens (including phenoxy) is 1. The lowest BCUT2D eigenvalue weighted by Crippen LogP contribution is -2.20. The zero-order chi connectivity index (χ0) is 26.7. The molecule has 4 aromatic rings. The maximum atomic E-state index is 13.1. The van der Waals surface area contributed by atoms with E-state index in [1.54, 1.807) is 30.3 Å². The quantitative estimate of drug-likeness (QED) is 0.244. The van der Waals surface area contributed by atoms with E-state index in [0.29, 0.717) is 15.3 Å². The predicted molar refractivity (Wildman–Crippen MR) is 134 cm³/mol. The van der Waals surface area contributed by atoms with Gasteiger partial charge in [-0.1, -0.05) is 29.0 Å². The van der Waals surface area contributed by atoms with Gasteiger partial charge in [-0.2, -0.15) is 18.4 Å². The van der Waals surface area contributed by atoms with E-state index in [-0.39, 0.29) is 34.3 Å². The number of hydrogen-bond acceptors (Lipinski definition) is 6. The third-order valence-corrected chi connectivity index (χ3v) is 6.10. The summed E-state index contributed by atoms with van der Waals surface area (Å²) in [5.41, 5.74) is -0.161. The van der Waals surface area contributed by atoms with Gasteiger partial charge < -0.3 is 20.7 Å². The van der Waals surface area contributed by atoms with Crippen molar-refractivity contribution < 1.29 is 27.5 Å². The number of carbonyl (C=O) groups excluding carboxylic acids is 2. The summed E-state index contributed by atoms with van der Waals surface area (Å²) in [5.74, 6) is 0.223. The van der Waals surface area contributed by atoms with Crippen LogP contribution in [0.3, 0.4) is 0 Å². The number of amides is 3. The van der Waals surface area contributed by atoms with Crippen LogP contribution in [-0.4, -0.2) is 16.9 Å². The first kappa shape index (κ1) is 25.7. The topological polar surface area (TPSA) is 116 Å². The van der Waals surface area contributed by atoms with Crippen LogP contribution in [0.5, 0.6) is 11.5 Å². The molecule has 3 aromatic carbocycles. The van der Waals surface area contributed by atoms with Crippen molar-refractivity contribution in [2.24, 2.45) is 0 Å². The maximum absolute atomic E-state index is 13.1. The Balaban J connectivity index is 1.50. The molecule has 0 atom stereocenters. The second-order valence-corrected chi connectivity index (χ2v) is 8.91. The summed E-state index contributed by atoms with van der Waals surface area (Å²) >= 11 is 6.73. The van der Waals surface area contributed by atoms with E-state index in [1.165, 1.54) is 19.1 Å². The molecule has 0 saturated carbocycles. The Morgan fingerprint density at radius 3 is 2.46 bits per heavy atom. The number of alkyl halides is 3. The first-order valence-electron chi connectivity index (χ1n) is 10.4. The van der Waals surface area contributed by atoms with Crippen molar-refractivity contribution in [2.75, 3.05) is 16.0 Å². The number of fused-ring (bicyclic) bond motifs is 1. The lowest BCUT2D eigenvalue weighted by atomic mass is 10.2. The van der Waals surface area contributed by atoms with Crippen molar-refractivity contribution >= 4 is 61.6 Å². The molecule has 0 aliphatic rings. The molecule has 3 N–H and O–H groups in total. The number of carbonyl (C=O) groups is 2. The van der Waals surface area contributed by atoms with E-state index < -0.39 is 22.8 Å². The SMILES string of the molecule is CC(=O)Nc1nc2ccc(Oc3cccc(NC(=O)Nc4ccc(Cl)c(C(F)(F)F)c4)c3)c(C#N)c2s1. The minimum atomic E-state index is -4.67. The first-order chi connectivity index (χ1) is 17.5. The fourth-order valence-corrected chi connectivity index (χ4v) is 4.47. The Morgan fingerprint density at radius 1 is 1.05 bits per heavy atom. The molecule has 1 aromatic heterocycles. The average Bonchev–Trinajstić information content (AvgIpc) is 3.21. The summed E-state index contributed by atoms with van der Waals surface area (Å²) in [4.78, 5) is 27.9. The van der Waals surface area contributed by atoms with Gasteiger partial charge in [0.1, 0.15) is 23.1 Å². The lowest BCUT2D eigenvalue weighted by Gasteiger charge is -2.13. The summed E-state index contributed by atoms with van der Waals surface area (Å²) in [7, 11) is 0. The van der Waals surface area contributed by atoms with Gasteiger partial charge in [-0.3, -0.25) is 4.79 Å². The molecule has 1 heterocycles. The number of anilines is 3. The number of benzene rings is 3. The van der Waals surface area contributed by atoms with Gasteiger partial charge in [-0.15, -0.1) is 0 Å². The van der Waals surface area contributed by atoms with E-state index in [2.05, 4.69) is 27.0 Å². The Hall–Kier alpha value is -4.34. The molecule has 0 aliphatic heterocycles. The van der Waals surface area contributed by atoms with Crippen LogP contribution in [-0.2, 0) is 11.0 Å². The fraction of sp³-hybridized carbons (Fsp3) is 0.0833. The van der Waals surface area contributed by atoms with E-state index in [4.69, 9.17) is 16.3 Å². The highest BCUT2D eigenvalue weighted by Gasteiger charge is 2.33. The van der Waals surface area contributed by atoms with Gasteiger partial charge in [0.2, 0.25) is 5.91 Å². The summed E-state index contributed by atoms with van der Waals surface area (Å²) in [6, 6.07) is 13.7. The number of halogens is 4. The minimum absolute atomic E-state index is 0.100. The van der Waals surface area contributed by atoms with Crippen LogP contribution in [0.2, 0.25) is 5.02 Å². The van der Waals surface area contributed by atoms with Crippen LogP contribution in [0, 0.1) is 11.3 Å². The number of thiazole rings is 1. The minimum Gasteiger partial charge on any atom is -0.456 e. The van der Waals surface area contributed by atoms with Gasteiger partial charge in [0, 0.05) is 24.4 Å². The van der Waals surface area contributed by atoms with Gasteiger partial charge in [-0.05, 0) is 42.5 Å². The maximum Gasteiger partial charge on any atom is 0.417 e. The third kappa shape index (κ3) is 6.08. The van der Waals surface area contributed by atoms with Crippen molar-refractivity contribution in [3.8, 4) is 17.6 Å². The highest BCUT2D eigenvalue weighted by molar-refractivity contribution is 7.22. The molecule has 0 aliphatic carbocycles. The summed E-state index contributed by atoms with van der Waals surface area (Å²) in [5, 5.41) is 17.0. The molecule has 37 heavy (non-hydrogen) atoms. The Kier molecular flexibility index (Phi) is 7.19. The summed E-state index contributed by atoms with van der Waals surface area (Å²) in [6.07, 6.45) is -4.67. The third-order valence-electron chi connectivity index (χ3n) is 4.76. The molecule has 8 nitrogen and oxygen atoms in total. The first-order valence-corrected chi connectivity index (χ1v) is 11.6. The smallest absolute Gasteiger partial charge is 0.417 e. The molecule has 3 amide bonds. The van der Waals surface area contributed by atoms with E-state index in [0.717, 1.165) is 23.5 Å². The highest BCUT2D eigenvalue weighted by atomic mass is 35.5. The number of hydrogen-bond donors (Lipinski definition) is 3. The molecule has 188 valence electrons. The molecule has 13 heteroatoms. The molecular weight excluding hydrogens is 531 g/mol. The van der Waals surface area contributed by atoms with Crippen molar-refractivity contribution in [2.45, 2.75) is 13.1 Å². The lowest BCUT2D eigenvalue weighted by molar-refractivity contribution is -0.137. The molecule has 0 spiro atoms. The molecule has 4 rings (SSSR count). The molecule has 0 fully saturated rings. The van der Waals surface area contributed by atoms with Gasteiger partial charge in [0.25, 0.3) is 0 Å². The normalized spacial score (nSPS) is 11.0. The highest BCUT2D eigenvalue weighted by Crippen LogP contribution is 2.37. The number of nitrogens with zero attached hydrogens (tertiary/aromatic N) is 2. The molecule has 0 unspecified atom stereocenters. The Labute approximate surface area is 216 Å². The van der Waals surface area contributed by atoms with Crippen molar-refractivity contribution in [3.63, 3.8) is 0 Å². The van der Waals surface area contributed by atoms with Crippen molar-refractivity contribution in [3.05, 3.63) is 70.7 Å². The Bertz CT molecular complexity index is 1570. The fourth-order valence-electron chi connectivity index (χ4n) is 3.25. The summed E-state index contributed by atoms with van der Waals surface area (Å²) in [6.45, 7) is 1.35. The number of urea groups is 1. The Morgan fingerprint density at radius 2 is 1.78 bits per heavy atom. The monoisotopic (exact) mass is 545 g/mol. The summed E-state index contributed by atoms with van der Waals surface area (Å²) < 4.78 is 45.6. The average molecular weight is 546 g/mol.